The molecule has 0 aliphatic heterocycles. The zero-order chi connectivity index (χ0) is 27.3. The summed E-state index contributed by atoms with van der Waals surface area (Å²) in [5.41, 5.74) is 12.3. The van der Waals surface area contributed by atoms with Crippen LogP contribution in [0.25, 0.3) is 0 Å². The number of nitrogens with two attached hydrogens (primary N) is 2. The lowest BCUT2D eigenvalue weighted by molar-refractivity contribution is -0.144. The van der Waals surface area contributed by atoms with Gasteiger partial charge >= 0.3 is 5.97 Å². The number of hydrogen-bond acceptors (Lipinski definition) is 7. The number of nitrogens with one attached hydrogen (secondary N) is 4. The summed E-state index contributed by atoms with van der Waals surface area (Å²) >= 11 is 0. The summed E-state index contributed by atoms with van der Waals surface area (Å²) in [6, 6.07) is -3.87. The molecule has 5 unspecified atom stereocenters. The lowest BCUT2D eigenvalue weighted by Crippen LogP contribution is -2.58. The van der Waals surface area contributed by atoms with E-state index in [4.69, 9.17) is 11.5 Å². The topological polar surface area (TPSA) is 205 Å². The van der Waals surface area contributed by atoms with E-state index in [0.717, 1.165) is 0 Å². The first-order valence-corrected chi connectivity index (χ1v) is 12.6. The van der Waals surface area contributed by atoms with Crippen LogP contribution < -0.4 is 27.4 Å². The van der Waals surface area contributed by atoms with Gasteiger partial charge in [0, 0.05) is 18.3 Å². The van der Waals surface area contributed by atoms with Crippen LogP contribution in [-0.4, -0.2) is 69.5 Å². The molecule has 0 aliphatic rings. The van der Waals surface area contributed by atoms with Gasteiger partial charge in [-0.1, -0.05) is 34.1 Å². The first-order valence-electron chi connectivity index (χ1n) is 12.6. The van der Waals surface area contributed by atoms with Crippen LogP contribution in [0.4, 0.5) is 0 Å². The van der Waals surface area contributed by atoms with Crippen molar-refractivity contribution in [3.05, 3.63) is 18.2 Å². The van der Waals surface area contributed by atoms with Crippen molar-refractivity contribution in [2.75, 3.05) is 6.54 Å². The van der Waals surface area contributed by atoms with Gasteiger partial charge in [0.15, 0.2) is 0 Å². The Morgan fingerprint density at radius 1 is 1.03 bits per heavy atom. The van der Waals surface area contributed by atoms with Crippen molar-refractivity contribution in [3.8, 4) is 0 Å². The zero-order valence-corrected chi connectivity index (χ0v) is 21.8. The standard InChI is InChI=1S/C24H43N7O5/c1-5-15(4)20(24(35)36)31-23(34)19(10-14(2)3)30-22(33)18(8-6-7-9-25)29-21(32)17(26)11-16-12-27-13-28-16/h12-15,17-20H,5-11,25-26H2,1-4H3,(H,27,28)(H,29,32)(H,30,33)(H,31,34)(H,35,36). The molecule has 0 saturated carbocycles. The predicted molar refractivity (Wildman–Crippen MR) is 136 cm³/mol. The molecular weight excluding hydrogens is 466 g/mol. The monoisotopic (exact) mass is 509 g/mol. The normalized spacial score (nSPS) is 15.4. The van der Waals surface area contributed by atoms with Crippen LogP contribution in [0.5, 0.6) is 0 Å². The van der Waals surface area contributed by atoms with Crippen molar-refractivity contribution in [1.82, 2.24) is 25.9 Å². The summed E-state index contributed by atoms with van der Waals surface area (Å²) in [6.45, 7) is 7.80. The summed E-state index contributed by atoms with van der Waals surface area (Å²) in [7, 11) is 0. The first kappa shape index (κ1) is 31.0. The molecule has 0 fully saturated rings. The molecule has 1 aromatic rings. The number of unbranched alkanes of at least 4 members (excludes halogenated alkanes) is 1. The highest BCUT2D eigenvalue weighted by molar-refractivity contribution is 5.94. The van der Waals surface area contributed by atoms with Crippen LogP contribution >= 0.6 is 0 Å². The molecule has 0 saturated heterocycles. The van der Waals surface area contributed by atoms with E-state index in [1.807, 2.05) is 20.8 Å². The number of hydrogen-bond donors (Lipinski definition) is 7. The lowest BCUT2D eigenvalue weighted by atomic mass is 9.97. The third-order valence-electron chi connectivity index (χ3n) is 6.03. The summed E-state index contributed by atoms with van der Waals surface area (Å²) in [5, 5.41) is 17.5. The van der Waals surface area contributed by atoms with Crippen LogP contribution in [0, 0.1) is 11.8 Å². The predicted octanol–water partition coefficient (Wildman–Crippen LogP) is 0.0397. The molecule has 0 radical (unpaired) electrons. The fourth-order valence-corrected chi connectivity index (χ4v) is 3.68. The fraction of sp³-hybridized carbons (Fsp3) is 0.708. The van der Waals surface area contributed by atoms with Gasteiger partial charge in [-0.2, -0.15) is 0 Å². The second-order valence-electron chi connectivity index (χ2n) is 9.63. The molecule has 5 atom stereocenters. The van der Waals surface area contributed by atoms with E-state index in [9.17, 15) is 24.3 Å². The van der Waals surface area contributed by atoms with Crippen molar-refractivity contribution < 1.29 is 24.3 Å². The summed E-state index contributed by atoms with van der Waals surface area (Å²) in [4.78, 5) is 57.4. The van der Waals surface area contributed by atoms with E-state index in [0.29, 0.717) is 44.3 Å². The Bertz CT molecular complexity index is 831. The number of amides is 3. The number of rotatable bonds is 17. The van der Waals surface area contributed by atoms with Crippen LogP contribution in [0.1, 0.15) is 65.5 Å². The maximum Gasteiger partial charge on any atom is 0.326 e. The highest BCUT2D eigenvalue weighted by atomic mass is 16.4. The number of nitrogens with zero attached hydrogens (tertiary/aromatic N) is 1. The van der Waals surface area contributed by atoms with Gasteiger partial charge in [0.25, 0.3) is 0 Å². The molecule has 0 spiro atoms. The lowest BCUT2D eigenvalue weighted by Gasteiger charge is -2.27. The molecule has 3 amide bonds. The minimum Gasteiger partial charge on any atom is -0.480 e. The number of carbonyl (C=O) groups excluding carboxylic acids is 3. The van der Waals surface area contributed by atoms with Gasteiger partial charge in [-0.25, -0.2) is 9.78 Å². The molecule has 12 nitrogen and oxygen atoms in total. The Morgan fingerprint density at radius 3 is 2.19 bits per heavy atom. The molecule has 9 N–H and O–H groups in total. The minimum atomic E-state index is -1.13. The Balaban J connectivity index is 2.97. The molecule has 0 aliphatic carbocycles. The van der Waals surface area contributed by atoms with Crippen LogP contribution in [-0.2, 0) is 25.6 Å². The average molecular weight is 510 g/mol. The van der Waals surface area contributed by atoms with Crippen molar-refractivity contribution in [3.63, 3.8) is 0 Å². The quantitative estimate of drug-likeness (QED) is 0.142. The Kier molecular flexibility index (Phi) is 13.7. The van der Waals surface area contributed by atoms with E-state index >= 15 is 0 Å². The van der Waals surface area contributed by atoms with Gasteiger partial charge < -0.3 is 37.5 Å². The molecule has 1 rings (SSSR count). The fourth-order valence-electron chi connectivity index (χ4n) is 3.68. The molecular formula is C24H43N7O5. The number of carbonyl (C=O) groups is 4. The second-order valence-corrected chi connectivity index (χ2v) is 9.63. The zero-order valence-electron chi connectivity index (χ0n) is 21.8. The SMILES string of the molecule is CCC(C)C(NC(=O)C(CC(C)C)NC(=O)C(CCCCN)NC(=O)C(N)Cc1cnc[nH]1)C(=O)O. The van der Waals surface area contributed by atoms with Crippen LogP contribution in [0.15, 0.2) is 12.5 Å². The smallest absolute Gasteiger partial charge is 0.326 e. The summed E-state index contributed by atoms with van der Waals surface area (Å²) in [6.07, 6.45) is 5.68. The van der Waals surface area contributed by atoms with Crippen molar-refractivity contribution in [2.45, 2.75) is 90.4 Å². The van der Waals surface area contributed by atoms with Gasteiger partial charge in [0.2, 0.25) is 17.7 Å². The Morgan fingerprint density at radius 2 is 1.67 bits per heavy atom. The number of imidazole rings is 1. The molecule has 1 aromatic heterocycles. The Hall–Kier alpha value is -2.99. The summed E-state index contributed by atoms with van der Waals surface area (Å²) < 4.78 is 0. The third-order valence-corrected chi connectivity index (χ3v) is 6.03. The van der Waals surface area contributed by atoms with E-state index in [2.05, 4.69) is 25.9 Å². The van der Waals surface area contributed by atoms with E-state index in [1.54, 1.807) is 13.1 Å². The van der Waals surface area contributed by atoms with Crippen molar-refractivity contribution >= 4 is 23.7 Å². The highest BCUT2D eigenvalue weighted by Crippen LogP contribution is 2.12. The van der Waals surface area contributed by atoms with Crippen LogP contribution in [0.3, 0.4) is 0 Å². The van der Waals surface area contributed by atoms with E-state index < -0.39 is 47.9 Å². The molecule has 0 aromatic carbocycles. The van der Waals surface area contributed by atoms with Gasteiger partial charge in [-0.15, -0.1) is 0 Å². The van der Waals surface area contributed by atoms with E-state index in [-0.39, 0.29) is 18.3 Å². The molecule has 36 heavy (non-hydrogen) atoms. The second kappa shape index (κ2) is 15.9. The number of carboxylic acids is 1. The van der Waals surface area contributed by atoms with E-state index in [1.165, 1.54) is 6.33 Å². The molecule has 1 heterocycles. The van der Waals surface area contributed by atoms with Crippen molar-refractivity contribution in [2.24, 2.45) is 23.3 Å². The first-order chi connectivity index (χ1) is 17.0. The highest BCUT2D eigenvalue weighted by Gasteiger charge is 2.32. The Labute approximate surface area is 212 Å². The maximum atomic E-state index is 13.2. The number of aliphatic carboxylic acids is 1. The number of aromatic nitrogens is 2. The molecule has 204 valence electrons. The number of carboxylic acid groups (broad SMARTS) is 1. The van der Waals surface area contributed by atoms with Crippen molar-refractivity contribution in [1.29, 1.82) is 0 Å². The molecule has 12 heteroatoms. The number of aromatic amines is 1. The van der Waals surface area contributed by atoms with Gasteiger partial charge in [0.05, 0.1) is 12.4 Å². The maximum absolute atomic E-state index is 13.2. The van der Waals surface area contributed by atoms with Gasteiger partial charge in [0.1, 0.15) is 18.1 Å². The average Bonchev–Trinajstić information content (AvgIpc) is 3.33. The largest absolute Gasteiger partial charge is 0.480 e. The van der Waals surface area contributed by atoms with Crippen LogP contribution in [0.2, 0.25) is 0 Å². The van der Waals surface area contributed by atoms with Gasteiger partial charge in [-0.3, -0.25) is 14.4 Å². The third kappa shape index (κ3) is 10.7. The molecule has 0 bridgehead atoms. The summed E-state index contributed by atoms with van der Waals surface area (Å²) in [5.74, 6) is -3.00. The number of H-pyrrole nitrogens is 1. The van der Waals surface area contributed by atoms with Gasteiger partial charge in [-0.05, 0) is 44.1 Å². The minimum absolute atomic E-state index is 0.0426.